The summed E-state index contributed by atoms with van der Waals surface area (Å²) in [5, 5.41) is 2.03. The lowest BCUT2D eigenvalue weighted by atomic mass is 10.2. The number of aromatic nitrogens is 1. The van der Waals surface area contributed by atoms with E-state index in [2.05, 4.69) is 0 Å². The van der Waals surface area contributed by atoms with Crippen molar-refractivity contribution in [3.8, 4) is 5.75 Å². The fourth-order valence-corrected chi connectivity index (χ4v) is 5.98. The molecule has 0 radical (unpaired) electrons. The molecule has 7 heteroatoms. The summed E-state index contributed by atoms with van der Waals surface area (Å²) in [6.07, 6.45) is 0. The molecule has 0 saturated carbocycles. The molecule has 0 unspecified atom stereocenters. The number of hydrogen-bond donors (Lipinski definition) is 0. The number of amides is 1. The Morgan fingerprint density at radius 2 is 1.78 bits per heavy atom. The number of hydrogen-bond acceptors (Lipinski definition) is 5. The summed E-state index contributed by atoms with van der Waals surface area (Å²) in [5.74, 6) is 0.646. The Morgan fingerprint density at radius 1 is 1.00 bits per heavy atom. The van der Waals surface area contributed by atoms with Crippen LogP contribution in [0.1, 0.15) is 22.2 Å². The average molecular weight is 479 g/mol. The molecule has 0 bridgehead atoms. The second-order valence-electron chi connectivity index (χ2n) is 7.18. The van der Waals surface area contributed by atoms with Crippen LogP contribution in [0.15, 0.2) is 72.8 Å². The highest BCUT2D eigenvalue weighted by Crippen LogP contribution is 2.38. The lowest BCUT2D eigenvalue weighted by Crippen LogP contribution is -2.29. The van der Waals surface area contributed by atoms with E-state index in [0.29, 0.717) is 28.2 Å². The van der Waals surface area contributed by atoms with Crippen molar-refractivity contribution in [3.63, 3.8) is 0 Å². The molecule has 0 saturated heterocycles. The monoisotopic (exact) mass is 478 g/mol. The Morgan fingerprint density at radius 3 is 2.56 bits per heavy atom. The quantitative estimate of drug-likeness (QED) is 0.255. The van der Waals surface area contributed by atoms with Gasteiger partial charge in [-0.1, -0.05) is 71.5 Å². The van der Waals surface area contributed by atoms with E-state index in [1.54, 1.807) is 4.90 Å². The van der Waals surface area contributed by atoms with Gasteiger partial charge in [-0.25, -0.2) is 4.98 Å². The van der Waals surface area contributed by atoms with E-state index >= 15 is 0 Å². The van der Waals surface area contributed by atoms with Crippen LogP contribution in [-0.2, 0) is 6.54 Å². The molecule has 0 aliphatic carbocycles. The van der Waals surface area contributed by atoms with E-state index in [0.717, 1.165) is 31.6 Å². The van der Waals surface area contributed by atoms with Crippen molar-refractivity contribution < 1.29 is 9.53 Å². The number of thiazole rings is 1. The third-order valence-corrected chi connectivity index (χ3v) is 7.75. The predicted octanol–water partition coefficient (Wildman–Crippen LogP) is 7.41. The first kappa shape index (κ1) is 20.9. The van der Waals surface area contributed by atoms with Crippen molar-refractivity contribution >= 4 is 65.6 Å². The highest BCUT2D eigenvalue weighted by Gasteiger charge is 2.26. The summed E-state index contributed by atoms with van der Waals surface area (Å²) in [6, 6.07) is 23.5. The maximum atomic E-state index is 13.8. The maximum absolute atomic E-state index is 13.8. The number of thiophene rings is 1. The fourth-order valence-electron chi connectivity index (χ4n) is 3.53. The summed E-state index contributed by atoms with van der Waals surface area (Å²) in [5.41, 5.74) is 1.86. The zero-order chi connectivity index (χ0) is 22.1. The van der Waals surface area contributed by atoms with E-state index in [4.69, 9.17) is 21.3 Å². The maximum Gasteiger partial charge on any atom is 0.272 e. The molecule has 5 rings (SSSR count). The second-order valence-corrected chi connectivity index (χ2v) is 9.62. The first-order valence-corrected chi connectivity index (χ1v) is 12.2. The second kappa shape index (κ2) is 8.90. The lowest BCUT2D eigenvalue weighted by Gasteiger charge is -2.19. The van der Waals surface area contributed by atoms with Gasteiger partial charge in [0.15, 0.2) is 5.13 Å². The third kappa shape index (κ3) is 3.97. The lowest BCUT2D eigenvalue weighted by molar-refractivity contribution is 0.0989. The third-order valence-electron chi connectivity index (χ3n) is 5.05. The van der Waals surface area contributed by atoms with E-state index < -0.39 is 0 Å². The van der Waals surface area contributed by atoms with Gasteiger partial charge < -0.3 is 4.74 Å². The Hall–Kier alpha value is -2.93. The SMILES string of the molecule is CCOc1ccc2nc(N(Cc3ccccc3)C(=O)c3sc4ccccc4c3Cl)sc2c1. The molecule has 0 aliphatic rings. The van der Waals surface area contributed by atoms with Crippen LogP contribution in [0.4, 0.5) is 5.13 Å². The van der Waals surface area contributed by atoms with Crippen molar-refractivity contribution in [2.45, 2.75) is 13.5 Å². The number of carbonyl (C=O) groups excluding carboxylic acids is 1. The van der Waals surface area contributed by atoms with E-state index in [1.807, 2.05) is 79.7 Å². The van der Waals surface area contributed by atoms with Crippen molar-refractivity contribution in [2.75, 3.05) is 11.5 Å². The van der Waals surface area contributed by atoms with E-state index in [-0.39, 0.29) is 5.91 Å². The van der Waals surface area contributed by atoms with Crippen molar-refractivity contribution in [2.24, 2.45) is 0 Å². The standard InChI is InChI=1S/C25H19ClN2O2S2/c1-2-30-17-12-13-19-21(14-17)32-25(27-19)28(15-16-8-4-3-5-9-16)24(29)23-22(26)18-10-6-7-11-20(18)31-23/h3-14H,2,15H2,1H3. The van der Waals surface area contributed by atoms with Crippen molar-refractivity contribution in [3.05, 3.63) is 88.3 Å². The van der Waals surface area contributed by atoms with Gasteiger partial charge in [0, 0.05) is 10.1 Å². The van der Waals surface area contributed by atoms with Gasteiger partial charge in [-0.2, -0.15) is 0 Å². The number of benzene rings is 3. The Labute approximate surface area is 198 Å². The van der Waals surface area contributed by atoms with Crippen LogP contribution in [0.25, 0.3) is 20.3 Å². The molecule has 1 amide bonds. The summed E-state index contributed by atoms with van der Waals surface area (Å²) < 4.78 is 7.59. The van der Waals surface area contributed by atoms with Crippen LogP contribution < -0.4 is 9.64 Å². The zero-order valence-corrected chi connectivity index (χ0v) is 19.6. The molecule has 4 nitrogen and oxygen atoms in total. The highest BCUT2D eigenvalue weighted by atomic mass is 35.5. The predicted molar refractivity (Wildman–Crippen MR) is 135 cm³/mol. The van der Waals surface area contributed by atoms with Crippen LogP contribution in [0.5, 0.6) is 5.75 Å². The Balaban J connectivity index is 1.59. The molecule has 160 valence electrons. The molecule has 0 aliphatic heterocycles. The van der Waals surface area contributed by atoms with Crippen LogP contribution in [0, 0.1) is 0 Å². The van der Waals surface area contributed by atoms with E-state index in [1.165, 1.54) is 22.7 Å². The minimum Gasteiger partial charge on any atom is -0.494 e. The van der Waals surface area contributed by atoms with Crippen LogP contribution in [0.3, 0.4) is 0 Å². The van der Waals surface area contributed by atoms with Crippen molar-refractivity contribution in [1.82, 2.24) is 4.98 Å². The minimum atomic E-state index is -0.149. The van der Waals surface area contributed by atoms with Gasteiger partial charge in [-0.05, 0) is 36.8 Å². The summed E-state index contributed by atoms with van der Waals surface area (Å²) in [7, 11) is 0. The average Bonchev–Trinajstić information content (AvgIpc) is 3.39. The summed E-state index contributed by atoms with van der Waals surface area (Å²) >= 11 is 9.54. The number of ether oxygens (including phenoxy) is 1. The molecule has 5 aromatic rings. The van der Waals surface area contributed by atoms with Crippen LogP contribution in [0.2, 0.25) is 5.02 Å². The van der Waals surface area contributed by atoms with Gasteiger partial charge in [0.05, 0.1) is 28.4 Å². The topological polar surface area (TPSA) is 42.4 Å². The zero-order valence-electron chi connectivity index (χ0n) is 17.2. The number of halogens is 1. The van der Waals surface area contributed by atoms with Gasteiger partial charge in [0.2, 0.25) is 0 Å². The molecule has 0 fully saturated rings. The molecule has 3 aromatic carbocycles. The number of rotatable bonds is 6. The summed E-state index contributed by atoms with van der Waals surface area (Å²) in [6.45, 7) is 2.96. The molecule has 2 aromatic heterocycles. The molecule has 0 spiro atoms. The largest absolute Gasteiger partial charge is 0.494 e. The smallest absolute Gasteiger partial charge is 0.272 e. The van der Waals surface area contributed by atoms with Crippen LogP contribution >= 0.6 is 34.3 Å². The molecule has 2 heterocycles. The number of anilines is 1. The number of carbonyl (C=O) groups is 1. The van der Waals surface area contributed by atoms with Gasteiger partial charge in [0.1, 0.15) is 10.6 Å². The number of fused-ring (bicyclic) bond motifs is 2. The van der Waals surface area contributed by atoms with Crippen LogP contribution in [-0.4, -0.2) is 17.5 Å². The van der Waals surface area contributed by atoms with Gasteiger partial charge in [0.25, 0.3) is 5.91 Å². The fraction of sp³-hybridized carbons (Fsp3) is 0.120. The van der Waals surface area contributed by atoms with Crippen molar-refractivity contribution in [1.29, 1.82) is 0 Å². The number of nitrogens with zero attached hydrogens (tertiary/aromatic N) is 2. The minimum absolute atomic E-state index is 0.149. The molecular formula is C25H19ClN2O2S2. The van der Waals surface area contributed by atoms with E-state index in [9.17, 15) is 4.79 Å². The van der Waals surface area contributed by atoms with Gasteiger partial charge in [-0.15, -0.1) is 11.3 Å². The molecular weight excluding hydrogens is 460 g/mol. The van der Waals surface area contributed by atoms with Gasteiger partial charge in [-0.3, -0.25) is 9.69 Å². The molecule has 32 heavy (non-hydrogen) atoms. The molecule has 0 N–H and O–H groups in total. The first-order valence-electron chi connectivity index (χ1n) is 10.2. The summed E-state index contributed by atoms with van der Waals surface area (Å²) in [4.78, 5) is 20.8. The first-order chi connectivity index (χ1) is 15.6. The Kier molecular flexibility index (Phi) is 5.83. The Bertz CT molecular complexity index is 1410. The highest BCUT2D eigenvalue weighted by molar-refractivity contribution is 7.23. The van der Waals surface area contributed by atoms with Gasteiger partial charge >= 0.3 is 0 Å². The normalized spacial score (nSPS) is 11.2. The molecule has 0 atom stereocenters.